The number of aliphatic imine (C=N–C) groups is 1. The first-order valence-electron chi connectivity index (χ1n) is 10.3. The molecule has 0 bridgehead atoms. The van der Waals surface area contributed by atoms with Gasteiger partial charge in [-0.2, -0.15) is 0 Å². The number of piperidine rings is 1. The Labute approximate surface area is 160 Å². The fraction of sp³-hybridized carbons (Fsp3) is 0.950. The van der Waals surface area contributed by atoms with Crippen LogP contribution in [0.2, 0.25) is 0 Å². The van der Waals surface area contributed by atoms with Crippen LogP contribution in [0.3, 0.4) is 0 Å². The summed E-state index contributed by atoms with van der Waals surface area (Å²) in [6.07, 6.45) is 3.64. The van der Waals surface area contributed by atoms with E-state index in [1.807, 2.05) is 7.05 Å². The Morgan fingerprint density at radius 2 is 1.96 bits per heavy atom. The number of guanidine groups is 1. The molecule has 0 spiro atoms. The summed E-state index contributed by atoms with van der Waals surface area (Å²) in [5.41, 5.74) is 0.117. The maximum Gasteiger partial charge on any atom is 0.191 e. The highest BCUT2D eigenvalue weighted by molar-refractivity contribution is 5.79. The van der Waals surface area contributed by atoms with Gasteiger partial charge >= 0.3 is 0 Å². The Morgan fingerprint density at radius 3 is 2.58 bits per heavy atom. The second-order valence-electron chi connectivity index (χ2n) is 8.73. The third-order valence-corrected chi connectivity index (χ3v) is 5.49. The number of hydrogen-bond acceptors (Lipinski definition) is 4. The zero-order chi connectivity index (χ0) is 19.0. The van der Waals surface area contributed by atoms with Crippen LogP contribution in [0.25, 0.3) is 0 Å². The highest BCUT2D eigenvalue weighted by Crippen LogP contribution is 2.26. The van der Waals surface area contributed by atoms with Gasteiger partial charge in [-0.05, 0) is 44.9 Å². The first kappa shape index (κ1) is 21.5. The molecule has 152 valence electrons. The van der Waals surface area contributed by atoms with Crippen molar-refractivity contribution in [2.45, 2.75) is 58.6 Å². The van der Waals surface area contributed by atoms with Crippen LogP contribution in [0.15, 0.2) is 4.99 Å². The van der Waals surface area contributed by atoms with E-state index in [0.29, 0.717) is 6.10 Å². The van der Waals surface area contributed by atoms with Crippen molar-refractivity contribution in [1.29, 1.82) is 0 Å². The van der Waals surface area contributed by atoms with Gasteiger partial charge < -0.3 is 20.1 Å². The lowest BCUT2D eigenvalue weighted by Crippen LogP contribution is -2.57. The van der Waals surface area contributed by atoms with E-state index in [1.54, 1.807) is 0 Å². The van der Waals surface area contributed by atoms with Crippen LogP contribution in [-0.4, -0.2) is 75.5 Å². The van der Waals surface area contributed by atoms with E-state index in [-0.39, 0.29) is 5.54 Å². The molecule has 2 aliphatic heterocycles. The van der Waals surface area contributed by atoms with Crippen molar-refractivity contribution in [2.75, 3.05) is 53.0 Å². The van der Waals surface area contributed by atoms with Gasteiger partial charge in [-0.1, -0.05) is 13.8 Å². The third-order valence-electron chi connectivity index (χ3n) is 5.49. The standard InChI is InChI=1S/C20H40N4O2/c1-16-11-17(2)13-24(12-16)20(3,4)15-23-19(21-5)22-8-6-9-26-18-7-10-25-14-18/h16-18H,6-15H2,1-5H3,(H2,21,22,23). The molecule has 0 saturated carbocycles. The summed E-state index contributed by atoms with van der Waals surface area (Å²) in [6.45, 7) is 15.9. The highest BCUT2D eigenvalue weighted by atomic mass is 16.5. The SMILES string of the molecule is CN=C(NCCCOC1CCOC1)NCC(C)(C)N1CC(C)CC(C)C1. The van der Waals surface area contributed by atoms with Gasteiger partial charge in [-0.15, -0.1) is 0 Å². The Bertz CT molecular complexity index is 426. The molecule has 3 unspecified atom stereocenters. The van der Waals surface area contributed by atoms with Gasteiger partial charge in [-0.3, -0.25) is 9.89 Å². The van der Waals surface area contributed by atoms with E-state index in [0.717, 1.165) is 63.5 Å². The van der Waals surface area contributed by atoms with Crippen molar-refractivity contribution in [3.63, 3.8) is 0 Å². The molecule has 6 nitrogen and oxygen atoms in total. The minimum absolute atomic E-state index is 0.117. The molecule has 0 aliphatic carbocycles. The Kier molecular flexibility index (Phi) is 8.64. The summed E-state index contributed by atoms with van der Waals surface area (Å²) < 4.78 is 11.1. The number of rotatable bonds is 8. The summed E-state index contributed by atoms with van der Waals surface area (Å²) in [4.78, 5) is 6.98. The van der Waals surface area contributed by atoms with Gasteiger partial charge in [0, 0.05) is 52.0 Å². The minimum Gasteiger partial charge on any atom is -0.379 e. The van der Waals surface area contributed by atoms with E-state index in [9.17, 15) is 0 Å². The normalized spacial score (nSPS) is 28.3. The van der Waals surface area contributed by atoms with E-state index in [4.69, 9.17) is 9.47 Å². The summed E-state index contributed by atoms with van der Waals surface area (Å²) in [6, 6.07) is 0. The molecular weight excluding hydrogens is 328 g/mol. The summed E-state index contributed by atoms with van der Waals surface area (Å²) >= 11 is 0. The Balaban J connectivity index is 1.65. The molecule has 6 heteroatoms. The zero-order valence-corrected chi connectivity index (χ0v) is 17.5. The van der Waals surface area contributed by atoms with Gasteiger partial charge in [0.15, 0.2) is 5.96 Å². The number of likely N-dealkylation sites (tertiary alicyclic amines) is 1. The fourth-order valence-electron chi connectivity index (χ4n) is 3.96. The summed E-state index contributed by atoms with van der Waals surface area (Å²) in [5.74, 6) is 2.43. The average Bonchev–Trinajstić information content (AvgIpc) is 3.10. The van der Waals surface area contributed by atoms with E-state index >= 15 is 0 Å². The van der Waals surface area contributed by atoms with Crippen molar-refractivity contribution in [1.82, 2.24) is 15.5 Å². The van der Waals surface area contributed by atoms with Gasteiger partial charge in [-0.25, -0.2) is 0 Å². The molecule has 2 rings (SSSR count). The van der Waals surface area contributed by atoms with Gasteiger partial charge in [0.2, 0.25) is 0 Å². The molecule has 2 N–H and O–H groups in total. The lowest BCUT2D eigenvalue weighted by Gasteiger charge is -2.45. The molecule has 2 fully saturated rings. The van der Waals surface area contributed by atoms with Crippen molar-refractivity contribution in [2.24, 2.45) is 16.8 Å². The van der Waals surface area contributed by atoms with Crippen molar-refractivity contribution in [3.8, 4) is 0 Å². The average molecular weight is 369 g/mol. The van der Waals surface area contributed by atoms with Gasteiger partial charge in [0.1, 0.15) is 0 Å². The van der Waals surface area contributed by atoms with Crippen LogP contribution in [0, 0.1) is 11.8 Å². The molecule has 26 heavy (non-hydrogen) atoms. The predicted octanol–water partition coefficient (Wildman–Crippen LogP) is 2.10. The van der Waals surface area contributed by atoms with Crippen LogP contribution >= 0.6 is 0 Å². The lowest BCUT2D eigenvalue weighted by molar-refractivity contribution is 0.0419. The molecule has 0 radical (unpaired) electrons. The van der Waals surface area contributed by atoms with Gasteiger partial charge in [0.25, 0.3) is 0 Å². The number of ether oxygens (including phenoxy) is 2. The molecule has 2 heterocycles. The molecule has 2 aliphatic rings. The Hall–Kier alpha value is -0.850. The molecule has 3 atom stereocenters. The van der Waals surface area contributed by atoms with Crippen molar-refractivity contribution in [3.05, 3.63) is 0 Å². The smallest absolute Gasteiger partial charge is 0.191 e. The zero-order valence-electron chi connectivity index (χ0n) is 17.5. The molecule has 0 aromatic heterocycles. The van der Waals surface area contributed by atoms with Crippen LogP contribution in [0.5, 0.6) is 0 Å². The maximum atomic E-state index is 5.80. The number of nitrogens with one attached hydrogen (secondary N) is 2. The topological polar surface area (TPSA) is 58.1 Å². The van der Waals surface area contributed by atoms with Crippen LogP contribution in [-0.2, 0) is 9.47 Å². The molecule has 0 aromatic rings. The van der Waals surface area contributed by atoms with Crippen molar-refractivity contribution >= 4 is 5.96 Å². The molecule has 0 amide bonds. The first-order chi connectivity index (χ1) is 12.4. The van der Waals surface area contributed by atoms with Crippen molar-refractivity contribution < 1.29 is 9.47 Å². The molecular formula is C20H40N4O2. The molecule has 2 saturated heterocycles. The van der Waals surface area contributed by atoms with Crippen LogP contribution in [0.1, 0.15) is 47.0 Å². The second-order valence-corrected chi connectivity index (χ2v) is 8.73. The lowest BCUT2D eigenvalue weighted by atomic mass is 9.88. The molecule has 0 aromatic carbocycles. The third kappa shape index (κ3) is 7.05. The van der Waals surface area contributed by atoms with E-state index in [2.05, 4.69) is 48.2 Å². The predicted molar refractivity (Wildman–Crippen MR) is 108 cm³/mol. The first-order valence-corrected chi connectivity index (χ1v) is 10.3. The maximum absolute atomic E-state index is 5.80. The minimum atomic E-state index is 0.117. The quantitative estimate of drug-likeness (QED) is 0.390. The number of nitrogens with zero attached hydrogens (tertiary/aromatic N) is 2. The van der Waals surface area contributed by atoms with Crippen LogP contribution in [0.4, 0.5) is 0 Å². The monoisotopic (exact) mass is 368 g/mol. The second kappa shape index (κ2) is 10.5. The summed E-state index contributed by atoms with van der Waals surface area (Å²) in [7, 11) is 1.83. The van der Waals surface area contributed by atoms with Crippen LogP contribution < -0.4 is 10.6 Å². The number of hydrogen-bond donors (Lipinski definition) is 2. The van der Waals surface area contributed by atoms with E-state index in [1.165, 1.54) is 19.5 Å². The fourth-order valence-corrected chi connectivity index (χ4v) is 3.96. The Morgan fingerprint density at radius 1 is 1.23 bits per heavy atom. The summed E-state index contributed by atoms with van der Waals surface area (Å²) in [5, 5.41) is 6.90. The van der Waals surface area contributed by atoms with Gasteiger partial charge in [0.05, 0.1) is 12.7 Å². The highest BCUT2D eigenvalue weighted by Gasteiger charge is 2.32. The largest absolute Gasteiger partial charge is 0.379 e. The van der Waals surface area contributed by atoms with E-state index < -0.39 is 0 Å².